The van der Waals surface area contributed by atoms with E-state index in [0.29, 0.717) is 5.56 Å². The third-order valence-corrected chi connectivity index (χ3v) is 7.49. The van der Waals surface area contributed by atoms with E-state index in [2.05, 4.69) is 20.7 Å². The van der Waals surface area contributed by atoms with Crippen LogP contribution in [-0.2, 0) is 16.6 Å². The molecule has 0 radical (unpaired) electrons. The van der Waals surface area contributed by atoms with Crippen molar-refractivity contribution in [2.24, 2.45) is 0 Å². The van der Waals surface area contributed by atoms with E-state index in [4.69, 9.17) is 5.11 Å². The SMILES string of the molecule is Cc1cc(S(=O)(=O)NCc2sccc2Br)sc1C(=O)O. The summed E-state index contributed by atoms with van der Waals surface area (Å²) in [6.45, 7) is 1.74. The van der Waals surface area contributed by atoms with Crippen LogP contribution >= 0.6 is 38.6 Å². The lowest BCUT2D eigenvalue weighted by Gasteiger charge is -2.03. The van der Waals surface area contributed by atoms with Crippen molar-refractivity contribution in [3.63, 3.8) is 0 Å². The number of rotatable bonds is 5. The first-order chi connectivity index (χ1) is 9.31. The number of carboxylic acid groups (broad SMARTS) is 1. The highest BCUT2D eigenvalue weighted by atomic mass is 79.9. The van der Waals surface area contributed by atoms with Gasteiger partial charge in [-0.25, -0.2) is 17.9 Å². The molecule has 9 heteroatoms. The van der Waals surface area contributed by atoms with Gasteiger partial charge in [-0.3, -0.25) is 0 Å². The van der Waals surface area contributed by atoms with E-state index in [-0.39, 0.29) is 15.6 Å². The van der Waals surface area contributed by atoms with Crippen LogP contribution in [0.15, 0.2) is 26.2 Å². The van der Waals surface area contributed by atoms with Crippen LogP contribution in [0.3, 0.4) is 0 Å². The van der Waals surface area contributed by atoms with Gasteiger partial charge in [0.25, 0.3) is 0 Å². The molecule has 2 rings (SSSR count). The van der Waals surface area contributed by atoms with Crippen LogP contribution in [0, 0.1) is 6.92 Å². The Bertz CT molecular complexity index is 748. The number of halogens is 1. The molecular formula is C11H10BrNO4S3. The highest BCUT2D eigenvalue weighted by Crippen LogP contribution is 2.27. The van der Waals surface area contributed by atoms with Crippen LogP contribution in [0.4, 0.5) is 0 Å². The Balaban J connectivity index is 2.20. The molecule has 0 bridgehead atoms. The van der Waals surface area contributed by atoms with Crippen LogP contribution in [0.5, 0.6) is 0 Å². The van der Waals surface area contributed by atoms with E-state index in [9.17, 15) is 13.2 Å². The first-order valence-electron chi connectivity index (χ1n) is 5.36. The molecule has 0 aliphatic heterocycles. The number of hydrogen-bond acceptors (Lipinski definition) is 5. The zero-order chi connectivity index (χ0) is 14.9. The summed E-state index contributed by atoms with van der Waals surface area (Å²) in [4.78, 5) is 11.8. The monoisotopic (exact) mass is 395 g/mol. The fourth-order valence-corrected chi connectivity index (χ4v) is 5.42. The van der Waals surface area contributed by atoms with E-state index in [1.807, 2.05) is 11.4 Å². The Morgan fingerprint density at radius 2 is 2.20 bits per heavy atom. The molecule has 0 aromatic carbocycles. The van der Waals surface area contributed by atoms with Gasteiger partial charge in [0, 0.05) is 15.9 Å². The van der Waals surface area contributed by atoms with E-state index < -0.39 is 16.0 Å². The second kappa shape index (κ2) is 5.94. The van der Waals surface area contributed by atoms with Gasteiger partial charge in [-0.1, -0.05) is 0 Å². The summed E-state index contributed by atoms with van der Waals surface area (Å²) in [7, 11) is -3.70. The predicted molar refractivity (Wildman–Crippen MR) is 82.1 cm³/mol. The van der Waals surface area contributed by atoms with Gasteiger partial charge in [-0.15, -0.1) is 22.7 Å². The average molecular weight is 396 g/mol. The molecule has 2 N–H and O–H groups in total. The molecule has 20 heavy (non-hydrogen) atoms. The Kier molecular flexibility index (Phi) is 4.65. The number of carboxylic acids is 1. The van der Waals surface area contributed by atoms with Crippen molar-refractivity contribution in [2.75, 3.05) is 0 Å². The summed E-state index contributed by atoms with van der Waals surface area (Å²) < 4.78 is 27.6. The average Bonchev–Trinajstić information content (AvgIpc) is 2.93. The fraction of sp³-hybridized carbons (Fsp3) is 0.182. The highest BCUT2D eigenvalue weighted by molar-refractivity contribution is 9.10. The Hall–Kier alpha value is -0.740. The minimum absolute atomic E-state index is 0.0140. The molecule has 0 aliphatic rings. The number of nitrogens with one attached hydrogen (secondary N) is 1. The van der Waals surface area contributed by atoms with Gasteiger partial charge in [0.2, 0.25) is 10.0 Å². The van der Waals surface area contributed by atoms with Crippen molar-refractivity contribution < 1.29 is 18.3 Å². The molecule has 0 aliphatic carbocycles. The minimum Gasteiger partial charge on any atom is -0.477 e. The molecule has 0 saturated carbocycles. The Labute approximate surface area is 132 Å². The summed E-state index contributed by atoms with van der Waals surface area (Å²) in [5.74, 6) is -1.12. The van der Waals surface area contributed by atoms with Gasteiger partial charge < -0.3 is 5.11 Å². The summed E-state index contributed by atoms with van der Waals surface area (Å²) in [5, 5.41) is 10.8. The summed E-state index contributed by atoms with van der Waals surface area (Å²) in [6.07, 6.45) is 0. The number of thiophene rings is 2. The molecule has 5 nitrogen and oxygen atoms in total. The van der Waals surface area contributed by atoms with Crippen molar-refractivity contribution in [3.8, 4) is 0 Å². The quantitative estimate of drug-likeness (QED) is 0.814. The summed E-state index contributed by atoms with van der Waals surface area (Å²) >= 11 is 5.52. The van der Waals surface area contributed by atoms with Crippen LogP contribution in [0.25, 0.3) is 0 Å². The maximum Gasteiger partial charge on any atom is 0.346 e. The zero-order valence-electron chi connectivity index (χ0n) is 10.2. The molecule has 2 aromatic rings. The van der Waals surface area contributed by atoms with Crippen molar-refractivity contribution in [1.29, 1.82) is 0 Å². The Morgan fingerprint density at radius 1 is 1.50 bits per heavy atom. The smallest absolute Gasteiger partial charge is 0.346 e. The van der Waals surface area contributed by atoms with Crippen LogP contribution < -0.4 is 4.72 Å². The standard InChI is InChI=1S/C11H10BrNO4S3/c1-6-4-9(19-10(6)11(14)15)20(16,17)13-5-8-7(12)2-3-18-8/h2-4,13H,5H2,1H3,(H,14,15). The van der Waals surface area contributed by atoms with E-state index in [1.54, 1.807) is 6.92 Å². The van der Waals surface area contributed by atoms with Gasteiger partial charge in [0.05, 0.1) is 0 Å². The lowest BCUT2D eigenvalue weighted by molar-refractivity contribution is 0.0701. The maximum absolute atomic E-state index is 12.1. The predicted octanol–water partition coefficient (Wildman–Crippen LogP) is 3.06. The van der Waals surface area contributed by atoms with Crippen LogP contribution in [0.1, 0.15) is 20.1 Å². The van der Waals surface area contributed by atoms with Crippen molar-refractivity contribution in [3.05, 3.63) is 37.3 Å². The normalized spacial score (nSPS) is 11.7. The molecule has 0 spiro atoms. The first-order valence-corrected chi connectivity index (χ1v) is 9.34. The number of carbonyl (C=O) groups is 1. The molecule has 2 heterocycles. The van der Waals surface area contributed by atoms with Crippen LogP contribution in [0.2, 0.25) is 0 Å². The van der Waals surface area contributed by atoms with Crippen molar-refractivity contribution in [2.45, 2.75) is 17.7 Å². The van der Waals surface area contributed by atoms with Gasteiger partial charge in [0.15, 0.2) is 0 Å². The third-order valence-electron chi connectivity index (χ3n) is 2.47. The molecule has 2 aromatic heterocycles. The van der Waals surface area contributed by atoms with E-state index >= 15 is 0 Å². The second-order valence-corrected chi connectivity index (χ2v) is 8.80. The molecule has 108 valence electrons. The molecule has 0 saturated heterocycles. The topological polar surface area (TPSA) is 83.5 Å². The van der Waals surface area contributed by atoms with Crippen molar-refractivity contribution in [1.82, 2.24) is 4.72 Å². The third kappa shape index (κ3) is 3.29. The Morgan fingerprint density at radius 3 is 2.70 bits per heavy atom. The number of sulfonamides is 1. The molecule has 0 amide bonds. The first kappa shape index (κ1) is 15.6. The lowest BCUT2D eigenvalue weighted by atomic mass is 10.3. The minimum atomic E-state index is -3.70. The maximum atomic E-state index is 12.1. The summed E-state index contributed by atoms with van der Waals surface area (Å²) in [5.41, 5.74) is 0.445. The molecule has 0 atom stereocenters. The number of aromatic carboxylic acids is 1. The number of aryl methyl sites for hydroxylation is 1. The molecule has 0 unspecified atom stereocenters. The zero-order valence-corrected chi connectivity index (χ0v) is 14.2. The van der Waals surface area contributed by atoms with E-state index in [1.165, 1.54) is 17.4 Å². The van der Waals surface area contributed by atoms with Gasteiger partial charge in [-0.05, 0) is 45.9 Å². The van der Waals surface area contributed by atoms with Gasteiger partial charge in [0.1, 0.15) is 9.09 Å². The number of hydrogen-bond donors (Lipinski definition) is 2. The largest absolute Gasteiger partial charge is 0.477 e. The van der Waals surface area contributed by atoms with E-state index in [0.717, 1.165) is 20.7 Å². The fourth-order valence-electron chi connectivity index (χ4n) is 1.48. The lowest BCUT2D eigenvalue weighted by Crippen LogP contribution is -2.22. The summed E-state index contributed by atoms with van der Waals surface area (Å²) in [6, 6.07) is 3.21. The van der Waals surface area contributed by atoms with Crippen molar-refractivity contribution >= 4 is 54.6 Å². The van der Waals surface area contributed by atoms with Gasteiger partial charge in [-0.2, -0.15) is 0 Å². The second-order valence-electron chi connectivity index (χ2n) is 3.90. The highest BCUT2D eigenvalue weighted by Gasteiger charge is 2.21. The van der Waals surface area contributed by atoms with Crippen LogP contribution in [-0.4, -0.2) is 19.5 Å². The van der Waals surface area contributed by atoms with Gasteiger partial charge >= 0.3 is 5.97 Å². The molecular weight excluding hydrogens is 386 g/mol. The molecule has 0 fully saturated rings.